The van der Waals surface area contributed by atoms with Crippen LogP contribution < -0.4 is 10.1 Å². The molecule has 0 saturated heterocycles. The van der Waals surface area contributed by atoms with Crippen LogP contribution in [0.25, 0.3) is 0 Å². The number of nitrogens with one attached hydrogen (secondary N) is 1. The molecule has 1 amide bonds. The van der Waals surface area contributed by atoms with Gasteiger partial charge in [0.05, 0.1) is 7.11 Å². The lowest BCUT2D eigenvalue weighted by Crippen LogP contribution is -2.25. The van der Waals surface area contributed by atoms with Crippen molar-refractivity contribution in [1.29, 1.82) is 0 Å². The summed E-state index contributed by atoms with van der Waals surface area (Å²) in [6, 6.07) is 6.02. The van der Waals surface area contributed by atoms with Gasteiger partial charge in [0, 0.05) is 19.6 Å². The number of carbonyl (C=O) groups excluding carboxylic acids is 1. The molecule has 1 rings (SSSR count). The van der Waals surface area contributed by atoms with Crippen molar-refractivity contribution in [3.8, 4) is 5.75 Å². The summed E-state index contributed by atoms with van der Waals surface area (Å²) < 4.78 is 5.19. The van der Waals surface area contributed by atoms with Crippen LogP contribution in [-0.4, -0.2) is 31.3 Å². The molecule has 0 unspecified atom stereocenters. The molecular formula is C14H21NO3. The van der Waals surface area contributed by atoms with Crippen LogP contribution in [0.5, 0.6) is 5.75 Å². The highest BCUT2D eigenvalue weighted by atomic mass is 16.5. The highest BCUT2D eigenvalue weighted by Crippen LogP contribution is 2.18. The third-order valence-corrected chi connectivity index (χ3v) is 2.76. The molecule has 2 N–H and O–H groups in total. The number of hydrogen-bond acceptors (Lipinski definition) is 3. The largest absolute Gasteiger partial charge is 0.496 e. The molecule has 4 heteroatoms. The second kappa shape index (κ2) is 7.71. The van der Waals surface area contributed by atoms with Gasteiger partial charge in [-0.25, -0.2) is 0 Å². The Kier molecular flexibility index (Phi) is 6.22. The first-order chi connectivity index (χ1) is 8.67. The molecule has 0 aromatic heterocycles. The summed E-state index contributed by atoms with van der Waals surface area (Å²) in [6.07, 6.45) is 1.71. The van der Waals surface area contributed by atoms with E-state index in [9.17, 15) is 4.79 Å². The number of rotatable bonds is 7. The highest BCUT2D eigenvalue weighted by molar-refractivity contribution is 5.75. The van der Waals surface area contributed by atoms with Crippen LogP contribution in [0.1, 0.15) is 24.0 Å². The molecule has 0 fully saturated rings. The molecule has 100 valence electrons. The fourth-order valence-corrected chi connectivity index (χ4v) is 1.77. The van der Waals surface area contributed by atoms with Crippen molar-refractivity contribution in [2.45, 2.75) is 26.2 Å². The molecular weight excluding hydrogens is 230 g/mol. The van der Waals surface area contributed by atoms with Crippen LogP contribution in [0.2, 0.25) is 0 Å². The number of methoxy groups -OCH3 is 1. The van der Waals surface area contributed by atoms with Gasteiger partial charge in [-0.1, -0.05) is 12.1 Å². The molecule has 0 bridgehead atoms. The number of amides is 1. The third kappa shape index (κ3) is 4.75. The van der Waals surface area contributed by atoms with Crippen LogP contribution in [0.3, 0.4) is 0 Å². The van der Waals surface area contributed by atoms with E-state index in [0.717, 1.165) is 17.7 Å². The molecule has 0 radical (unpaired) electrons. The standard InChI is InChI=1S/C14H21NO3/c1-11-10-12(5-6-13(11)18-2)7-8-15-14(17)4-3-9-16/h5-6,10,16H,3-4,7-9H2,1-2H3,(H,15,17). The minimum atomic E-state index is -0.00529. The normalized spacial score (nSPS) is 10.2. The summed E-state index contributed by atoms with van der Waals surface area (Å²) in [5.41, 5.74) is 2.28. The SMILES string of the molecule is COc1ccc(CCNC(=O)CCCO)cc1C. The number of benzene rings is 1. The molecule has 0 saturated carbocycles. The van der Waals surface area contributed by atoms with Crippen molar-refractivity contribution >= 4 is 5.91 Å². The molecule has 0 aliphatic carbocycles. The highest BCUT2D eigenvalue weighted by Gasteiger charge is 2.02. The van der Waals surface area contributed by atoms with Crippen LogP contribution in [-0.2, 0) is 11.2 Å². The Hall–Kier alpha value is -1.55. The first kappa shape index (κ1) is 14.5. The smallest absolute Gasteiger partial charge is 0.220 e. The zero-order valence-electron chi connectivity index (χ0n) is 11.0. The van der Waals surface area contributed by atoms with Gasteiger partial charge in [-0.15, -0.1) is 0 Å². The van der Waals surface area contributed by atoms with Crippen molar-refractivity contribution in [3.05, 3.63) is 29.3 Å². The molecule has 0 heterocycles. The van der Waals surface area contributed by atoms with E-state index in [2.05, 4.69) is 11.4 Å². The molecule has 0 aliphatic heterocycles. The van der Waals surface area contributed by atoms with Gasteiger partial charge in [0.15, 0.2) is 0 Å². The summed E-state index contributed by atoms with van der Waals surface area (Å²) in [5, 5.41) is 11.4. The predicted octanol–water partition coefficient (Wildman–Crippen LogP) is 1.43. The van der Waals surface area contributed by atoms with Crippen molar-refractivity contribution in [2.75, 3.05) is 20.3 Å². The summed E-state index contributed by atoms with van der Waals surface area (Å²) in [5.74, 6) is 0.875. The number of ether oxygens (including phenoxy) is 1. The molecule has 1 aromatic carbocycles. The van der Waals surface area contributed by atoms with E-state index in [4.69, 9.17) is 9.84 Å². The maximum absolute atomic E-state index is 11.3. The minimum absolute atomic E-state index is 0.00529. The van der Waals surface area contributed by atoms with Gasteiger partial charge < -0.3 is 15.2 Å². The summed E-state index contributed by atoms with van der Waals surface area (Å²) >= 11 is 0. The van der Waals surface area contributed by atoms with Crippen LogP contribution >= 0.6 is 0 Å². The maximum atomic E-state index is 11.3. The Bertz CT molecular complexity index is 391. The molecule has 1 aromatic rings. The van der Waals surface area contributed by atoms with Crippen molar-refractivity contribution in [2.24, 2.45) is 0 Å². The molecule has 4 nitrogen and oxygen atoms in total. The zero-order valence-corrected chi connectivity index (χ0v) is 11.0. The summed E-state index contributed by atoms with van der Waals surface area (Å²) in [6.45, 7) is 2.68. The van der Waals surface area contributed by atoms with Crippen molar-refractivity contribution in [1.82, 2.24) is 5.32 Å². The fraction of sp³-hybridized carbons (Fsp3) is 0.500. The Morgan fingerprint density at radius 1 is 1.44 bits per heavy atom. The monoisotopic (exact) mass is 251 g/mol. The fourth-order valence-electron chi connectivity index (χ4n) is 1.77. The van der Waals surface area contributed by atoms with Gasteiger partial charge in [0.25, 0.3) is 0 Å². The van der Waals surface area contributed by atoms with E-state index in [1.807, 2.05) is 19.1 Å². The van der Waals surface area contributed by atoms with Gasteiger partial charge in [-0.3, -0.25) is 4.79 Å². The first-order valence-electron chi connectivity index (χ1n) is 6.18. The van der Waals surface area contributed by atoms with Crippen molar-refractivity contribution in [3.63, 3.8) is 0 Å². The molecule has 0 aliphatic rings. The first-order valence-corrected chi connectivity index (χ1v) is 6.18. The third-order valence-electron chi connectivity index (χ3n) is 2.76. The summed E-state index contributed by atoms with van der Waals surface area (Å²) in [4.78, 5) is 11.3. The van der Waals surface area contributed by atoms with E-state index < -0.39 is 0 Å². The van der Waals surface area contributed by atoms with Gasteiger partial charge in [-0.05, 0) is 37.0 Å². The van der Waals surface area contributed by atoms with E-state index in [1.165, 1.54) is 5.56 Å². The van der Waals surface area contributed by atoms with E-state index in [-0.39, 0.29) is 12.5 Å². The second-order valence-corrected chi connectivity index (χ2v) is 4.23. The lowest BCUT2D eigenvalue weighted by atomic mass is 10.1. The van der Waals surface area contributed by atoms with E-state index in [1.54, 1.807) is 7.11 Å². The zero-order chi connectivity index (χ0) is 13.4. The van der Waals surface area contributed by atoms with Gasteiger partial charge >= 0.3 is 0 Å². The maximum Gasteiger partial charge on any atom is 0.220 e. The average molecular weight is 251 g/mol. The van der Waals surface area contributed by atoms with Crippen molar-refractivity contribution < 1.29 is 14.6 Å². The van der Waals surface area contributed by atoms with E-state index in [0.29, 0.717) is 19.4 Å². The Morgan fingerprint density at radius 3 is 2.83 bits per heavy atom. The van der Waals surface area contributed by atoms with Crippen LogP contribution in [0.4, 0.5) is 0 Å². The van der Waals surface area contributed by atoms with E-state index >= 15 is 0 Å². The topological polar surface area (TPSA) is 58.6 Å². The van der Waals surface area contributed by atoms with Crippen LogP contribution in [0.15, 0.2) is 18.2 Å². The Labute approximate surface area is 108 Å². The Balaban J connectivity index is 2.35. The number of aryl methyl sites for hydroxylation is 1. The predicted molar refractivity (Wildman–Crippen MR) is 70.8 cm³/mol. The lowest BCUT2D eigenvalue weighted by molar-refractivity contribution is -0.121. The van der Waals surface area contributed by atoms with Gasteiger partial charge in [0.2, 0.25) is 5.91 Å². The average Bonchev–Trinajstić information content (AvgIpc) is 2.36. The van der Waals surface area contributed by atoms with Crippen LogP contribution in [0, 0.1) is 6.92 Å². The number of aliphatic hydroxyl groups excluding tert-OH is 1. The molecule has 18 heavy (non-hydrogen) atoms. The quantitative estimate of drug-likeness (QED) is 0.771. The number of aliphatic hydroxyl groups is 1. The molecule has 0 spiro atoms. The number of hydrogen-bond donors (Lipinski definition) is 2. The lowest BCUT2D eigenvalue weighted by Gasteiger charge is -2.08. The molecule has 0 atom stereocenters. The number of carbonyl (C=O) groups is 1. The second-order valence-electron chi connectivity index (χ2n) is 4.23. The van der Waals surface area contributed by atoms with Gasteiger partial charge in [-0.2, -0.15) is 0 Å². The minimum Gasteiger partial charge on any atom is -0.496 e. The summed E-state index contributed by atoms with van der Waals surface area (Å²) in [7, 11) is 1.66. The Morgan fingerprint density at radius 2 is 2.22 bits per heavy atom. The van der Waals surface area contributed by atoms with Gasteiger partial charge in [0.1, 0.15) is 5.75 Å².